The summed E-state index contributed by atoms with van der Waals surface area (Å²) in [6.07, 6.45) is 5.38. The molecule has 30 heavy (non-hydrogen) atoms. The zero-order valence-electron chi connectivity index (χ0n) is 16.9. The molecular weight excluding hydrogens is 396 g/mol. The standard InChI is InChI=1S/C23H24N4O2S/c1-2-3-11-26-16-25-21-19(17-8-5-4-6-9-17)14-27(22(21)23(26)29)15-20(28)24-13-18-10-7-12-30-18/h4-10,12,14,16H,2-3,11,13,15H2,1H3,(H,24,28). The Kier molecular flexibility index (Phi) is 6.09. The molecule has 0 radical (unpaired) electrons. The monoisotopic (exact) mass is 420 g/mol. The number of nitrogens with zero attached hydrogens (tertiary/aromatic N) is 3. The van der Waals surface area contributed by atoms with Crippen molar-refractivity contribution in [3.05, 3.63) is 75.6 Å². The highest BCUT2D eigenvalue weighted by Crippen LogP contribution is 2.27. The third-order valence-corrected chi connectivity index (χ3v) is 5.91. The Bertz CT molecular complexity index is 1190. The zero-order chi connectivity index (χ0) is 20.9. The number of rotatable bonds is 8. The minimum atomic E-state index is -0.136. The van der Waals surface area contributed by atoms with Crippen LogP contribution in [-0.4, -0.2) is 20.0 Å². The molecule has 1 N–H and O–H groups in total. The van der Waals surface area contributed by atoms with E-state index in [9.17, 15) is 9.59 Å². The van der Waals surface area contributed by atoms with Crippen LogP contribution in [-0.2, 0) is 24.4 Å². The molecule has 4 aromatic rings. The molecule has 3 aromatic heterocycles. The summed E-state index contributed by atoms with van der Waals surface area (Å²) >= 11 is 1.60. The first-order valence-corrected chi connectivity index (χ1v) is 11.0. The van der Waals surface area contributed by atoms with Gasteiger partial charge in [0.1, 0.15) is 17.6 Å². The number of unbranched alkanes of at least 4 members (excludes halogenated alkanes) is 1. The van der Waals surface area contributed by atoms with Gasteiger partial charge in [-0.05, 0) is 23.4 Å². The normalized spacial score (nSPS) is 11.1. The van der Waals surface area contributed by atoms with Crippen molar-refractivity contribution < 1.29 is 4.79 Å². The van der Waals surface area contributed by atoms with Crippen LogP contribution in [0.5, 0.6) is 0 Å². The topological polar surface area (TPSA) is 68.9 Å². The lowest BCUT2D eigenvalue weighted by Gasteiger charge is -2.08. The summed E-state index contributed by atoms with van der Waals surface area (Å²) in [4.78, 5) is 31.5. The van der Waals surface area contributed by atoms with Gasteiger partial charge >= 0.3 is 0 Å². The first kappa shape index (κ1) is 20.1. The number of nitrogens with one attached hydrogen (secondary N) is 1. The predicted octanol–water partition coefficient (Wildman–Crippen LogP) is 4.04. The number of benzene rings is 1. The lowest BCUT2D eigenvalue weighted by atomic mass is 10.1. The summed E-state index contributed by atoms with van der Waals surface area (Å²) in [6, 6.07) is 13.8. The molecule has 3 heterocycles. The number of carbonyl (C=O) groups excluding carboxylic acids is 1. The second-order valence-corrected chi connectivity index (χ2v) is 8.22. The lowest BCUT2D eigenvalue weighted by molar-refractivity contribution is -0.121. The number of amides is 1. The van der Waals surface area contributed by atoms with Gasteiger partial charge in [-0.3, -0.25) is 14.2 Å². The smallest absolute Gasteiger partial charge is 0.277 e. The van der Waals surface area contributed by atoms with Gasteiger partial charge in [0.2, 0.25) is 5.91 Å². The molecule has 6 nitrogen and oxygen atoms in total. The first-order valence-electron chi connectivity index (χ1n) is 10.1. The Morgan fingerprint density at radius 1 is 1.13 bits per heavy atom. The van der Waals surface area contributed by atoms with Crippen molar-refractivity contribution in [1.29, 1.82) is 0 Å². The van der Waals surface area contributed by atoms with Crippen molar-refractivity contribution in [2.75, 3.05) is 0 Å². The van der Waals surface area contributed by atoms with E-state index in [-0.39, 0.29) is 18.0 Å². The fourth-order valence-corrected chi connectivity index (χ4v) is 4.11. The number of hydrogen-bond acceptors (Lipinski definition) is 4. The molecule has 0 aliphatic heterocycles. The van der Waals surface area contributed by atoms with Crippen molar-refractivity contribution in [2.45, 2.75) is 39.4 Å². The molecule has 0 bridgehead atoms. The van der Waals surface area contributed by atoms with Crippen molar-refractivity contribution in [2.24, 2.45) is 0 Å². The van der Waals surface area contributed by atoms with Crippen LogP contribution in [0.4, 0.5) is 0 Å². The van der Waals surface area contributed by atoms with E-state index in [4.69, 9.17) is 0 Å². The molecule has 0 saturated carbocycles. The van der Waals surface area contributed by atoms with Gasteiger partial charge in [0, 0.05) is 23.2 Å². The maximum Gasteiger partial charge on any atom is 0.277 e. The van der Waals surface area contributed by atoms with Crippen LogP contribution in [0.15, 0.2) is 65.2 Å². The van der Waals surface area contributed by atoms with Gasteiger partial charge in [0.25, 0.3) is 5.56 Å². The van der Waals surface area contributed by atoms with Gasteiger partial charge in [-0.1, -0.05) is 49.7 Å². The summed E-state index contributed by atoms with van der Waals surface area (Å²) in [7, 11) is 0. The maximum atomic E-state index is 13.2. The second-order valence-electron chi connectivity index (χ2n) is 7.19. The van der Waals surface area contributed by atoms with Crippen molar-refractivity contribution in [1.82, 2.24) is 19.4 Å². The van der Waals surface area contributed by atoms with Crippen molar-refractivity contribution in [3.8, 4) is 11.1 Å². The highest BCUT2D eigenvalue weighted by Gasteiger charge is 2.18. The van der Waals surface area contributed by atoms with E-state index in [0.717, 1.165) is 28.8 Å². The van der Waals surface area contributed by atoms with Gasteiger partial charge < -0.3 is 9.88 Å². The van der Waals surface area contributed by atoms with E-state index in [1.54, 1.807) is 26.8 Å². The molecule has 0 unspecified atom stereocenters. The zero-order valence-corrected chi connectivity index (χ0v) is 17.7. The minimum absolute atomic E-state index is 0.0728. The lowest BCUT2D eigenvalue weighted by Crippen LogP contribution is -2.28. The second kappa shape index (κ2) is 9.09. The van der Waals surface area contributed by atoms with Crippen LogP contribution in [0.2, 0.25) is 0 Å². The number of hydrogen-bond donors (Lipinski definition) is 1. The Hall–Kier alpha value is -3.19. The van der Waals surface area contributed by atoms with Crippen LogP contribution in [0.25, 0.3) is 22.2 Å². The largest absolute Gasteiger partial charge is 0.350 e. The van der Waals surface area contributed by atoms with E-state index in [0.29, 0.717) is 24.1 Å². The van der Waals surface area contributed by atoms with E-state index in [2.05, 4.69) is 17.2 Å². The molecule has 0 spiro atoms. The van der Waals surface area contributed by atoms with Crippen LogP contribution >= 0.6 is 11.3 Å². The van der Waals surface area contributed by atoms with Crippen LogP contribution in [0.3, 0.4) is 0 Å². The Labute approximate surface area is 178 Å². The summed E-state index contributed by atoms with van der Waals surface area (Å²) in [6.45, 7) is 3.27. The third-order valence-electron chi connectivity index (χ3n) is 5.03. The van der Waals surface area contributed by atoms with Gasteiger partial charge in [0.15, 0.2) is 0 Å². The summed E-state index contributed by atoms with van der Waals surface area (Å²) in [5.41, 5.74) is 2.82. The Morgan fingerprint density at radius 2 is 1.97 bits per heavy atom. The molecule has 0 atom stereocenters. The number of thiophene rings is 1. The van der Waals surface area contributed by atoms with Gasteiger partial charge in [0.05, 0.1) is 12.9 Å². The van der Waals surface area contributed by atoms with E-state index < -0.39 is 0 Å². The van der Waals surface area contributed by atoms with Crippen molar-refractivity contribution in [3.63, 3.8) is 0 Å². The van der Waals surface area contributed by atoms with Gasteiger partial charge in [-0.25, -0.2) is 4.98 Å². The van der Waals surface area contributed by atoms with Crippen LogP contribution in [0, 0.1) is 0 Å². The Balaban J connectivity index is 1.71. The minimum Gasteiger partial charge on any atom is -0.350 e. The average molecular weight is 421 g/mol. The average Bonchev–Trinajstić information content (AvgIpc) is 3.41. The highest BCUT2D eigenvalue weighted by molar-refractivity contribution is 7.09. The van der Waals surface area contributed by atoms with Crippen LogP contribution < -0.4 is 10.9 Å². The summed E-state index contributed by atoms with van der Waals surface area (Å²) in [5.74, 6) is -0.136. The molecule has 7 heteroatoms. The van der Waals surface area contributed by atoms with Crippen LogP contribution in [0.1, 0.15) is 24.6 Å². The quantitative estimate of drug-likeness (QED) is 0.468. The molecule has 0 saturated heterocycles. The summed E-state index contributed by atoms with van der Waals surface area (Å²) < 4.78 is 3.37. The molecule has 1 aromatic carbocycles. The number of aromatic nitrogens is 3. The van der Waals surface area contributed by atoms with Crippen molar-refractivity contribution >= 4 is 28.3 Å². The number of carbonyl (C=O) groups is 1. The maximum absolute atomic E-state index is 13.2. The first-order chi connectivity index (χ1) is 14.7. The molecule has 154 valence electrons. The summed E-state index contributed by atoms with van der Waals surface area (Å²) in [5, 5.41) is 4.92. The number of aryl methyl sites for hydroxylation is 1. The van der Waals surface area contributed by atoms with Gasteiger partial charge in [-0.2, -0.15) is 0 Å². The highest BCUT2D eigenvalue weighted by atomic mass is 32.1. The van der Waals surface area contributed by atoms with E-state index in [1.165, 1.54) is 0 Å². The molecule has 0 aliphatic rings. The van der Waals surface area contributed by atoms with Gasteiger partial charge in [-0.15, -0.1) is 11.3 Å². The number of fused-ring (bicyclic) bond motifs is 1. The molecule has 4 rings (SSSR count). The fourth-order valence-electron chi connectivity index (χ4n) is 3.47. The molecular formula is C23H24N4O2S. The molecule has 1 amide bonds. The van der Waals surface area contributed by atoms with E-state index >= 15 is 0 Å². The molecule has 0 fully saturated rings. The molecule has 0 aliphatic carbocycles. The van der Waals surface area contributed by atoms with E-state index in [1.807, 2.05) is 54.0 Å². The SMILES string of the molecule is CCCCn1cnc2c(-c3ccccc3)cn(CC(=O)NCc3cccs3)c2c1=O. The Morgan fingerprint density at radius 3 is 2.70 bits per heavy atom. The fraction of sp³-hybridized carbons (Fsp3) is 0.261. The third kappa shape index (κ3) is 4.21. The predicted molar refractivity (Wildman–Crippen MR) is 121 cm³/mol.